The van der Waals surface area contributed by atoms with Gasteiger partial charge in [-0.1, -0.05) is 24.3 Å². The standard InChI is InChI=1S/C19H25NO3.ClH/c1-2-21-18-10-6-11-19(16-18)23-15-13-20-12-7-14-22-17-8-4-3-5-9-17;/h3-6,8-11,16,20H,2,7,12-15H2,1H3;1H. The van der Waals surface area contributed by atoms with Crippen LogP contribution in [0.2, 0.25) is 0 Å². The summed E-state index contributed by atoms with van der Waals surface area (Å²) in [4.78, 5) is 0. The van der Waals surface area contributed by atoms with E-state index in [1.807, 2.05) is 61.5 Å². The molecule has 0 saturated carbocycles. The molecule has 0 fully saturated rings. The molecular formula is C19H26ClNO3. The summed E-state index contributed by atoms with van der Waals surface area (Å²) in [5.74, 6) is 2.60. The van der Waals surface area contributed by atoms with Gasteiger partial charge in [-0.05, 0) is 44.2 Å². The molecule has 0 spiro atoms. The largest absolute Gasteiger partial charge is 0.494 e. The van der Waals surface area contributed by atoms with Gasteiger partial charge in [-0.25, -0.2) is 0 Å². The molecule has 1 N–H and O–H groups in total. The number of para-hydroxylation sites is 1. The molecule has 0 heterocycles. The summed E-state index contributed by atoms with van der Waals surface area (Å²) >= 11 is 0. The van der Waals surface area contributed by atoms with E-state index in [4.69, 9.17) is 14.2 Å². The highest BCUT2D eigenvalue weighted by atomic mass is 35.5. The lowest BCUT2D eigenvalue weighted by atomic mass is 10.3. The Morgan fingerprint density at radius 3 is 2.17 bits per heavy atom. The maximum atomic E-state index is 5.70. The Hall–Kier alpha value is -1.91. The molecule has 132 valence electrons. The summed E-state index contributed by atoms with van der Waals surface area (Å²) in [5.41, 5.74) is 0. The highest BCUT2D eigenvalue weighted by Gasteiger charge is 1.97. The minimum absolute atomic E-state index is 0. The molecule has 0 amide bonds. The molecule has 0 bridgehead atoms. The molecule has 5 heteroatoms. The maximum absolute atomic E-state index is 5.70. The van der Waals surface area contributed by atoms with Gasteiger partial charge >= 0.3 is 0 Å². The van der Waals surface area contributed by atoms with Crippen molar-refractivity contribution in [3.8, 4) is 17.2 Å². The highest BCUT2D eigenvalue weighted by molar-refractivity contribution is 5.85. The van der Waals surface area contributed by atoms with Crippen LogP contribution < -0.4 is 19.5 Å². The normalized spacial score (nSPS) is 9.88. The van der Waals surface area contributed by atoms with E-state index in [9.17, 15) is 0 Å². The van der Waals surface area contributed by atoms with Gasteiger partial charge in [0.05, 0.1) is 13.2 Å². The van der Waals surface area contributed by atoms with Crippen molar-refractivity contribution in [3.63, 3.8) is 0 Å². The van der Waals surface area contributed by atoms with Crippen molar-refractivity contribution in [3.05, 3.63) is 54.6 Å². The van der Waals surface area contributed by atoms with Crippen LogP contribution in [0.4, 0.5) is 0 Å². The van der Waals surface area contributed by atoms with Crippen LogP contribution in [0, 0.1) is 0 Å². The molecule has 4 nitrogen and oxygen atoms in total. The Labute approximate surface area is 150 Å². The first-order valence-corrected chi connectivity index (χ1v) is 8.12. The van der Waals surface area contributed by atoms with E-state index in [-0.39, 0.29) is 12.4 Å². The summed E-state index contributed by atoms with van der Waals surface area (Å²) in [6.07, 6.45) is 0.967. The topological polar surface area (TPSA) is 39.7 Å². The number of benzene rings is 2. The van der Waals surface area contributed by atoms with E-state index < -0.39 is 0 Å². The van der Waals surface area contributed by atoms with Crippen LogP contribution in [0.5, 0.6) is 17.2 Å². The van der Waals surface area contributed by atoms with E-state index >= 15 is 0 Å². The number of hydrogen-bond acceptors (Lipinski definition) is 4. The number of halogens is 1. The van der Waals surface area contributed by atoms with Gasteiger partial charge in [0.2, 0.25) is 0 Å². The smallest absolute Gasteiger partial charge is 0.123 e. The molecule has 0 aliphatic heterocycles. The zero-order valence-corrected chi connectivity index (χ0v) is 14.9. The van der Waals surface area contributed by atoms with Gasteiger partial charge in [0, 0.05) is 12.6 Å². The van der Waals surface area contributed by atoms with Crippen LogP contribution in [0.25, 0.3) is 0 Å². The van der Waals surface area contributed by atoms with Crippen LogP contribution >= 0.6 is 12.4 Å². The maximum Gasteiger partial charge on any atom is 0.123 e. The van der Waals surface area contributed by atoms with Gasteiger partial charge in [-0.2, -0.15) is 0 Å². The molecule has 2 aromatic carbocycles. The third kappa shape index (κ3) is 8.09. The Morgan fingerprint density at radius 1 is 0.750 bits per heavy atom. The predicted molar refractivity (Wildman–Crippen MR) is 99.8 cm³/mol. The van der Waals surface area contributed by atoms with Crippen LogP contribution in [0.3, 0.4) is 0 Å². The fourth-order valence-corrected chi connectivity index (χ4v) is 2.09. The number of rotatable bonds is 11. The van der Waals surface area contributed by atoms with Crippen molar-refractivity contribution in [2.75, 3.05) is 32.9 Å². The van der Waals surface area contributed by atoms with E-state index in [0.29, 0.717) is 19.8 Å². The Kier molecular flexibility index (Phi) is 10.5. The summed E-state index contributed by atoms with van der Waals surface area (Å²) < 4.78 is 16.8. The van der Waals surface area contributed by atoms with Crippen molar-refractivity contribution >= 4 is 12.4 Å². The minimum Gasteiger partial charge on any atom is -0.494 e. The quantitative estimate of drug-likeness (QED) is 0.622. The van der Waals surface area contributed by atoms with Crippen LogP contribution in [0.15, 0.2) is 54.6 Å². The lowest BCUT2D eigenvalue weighted by Gasteiger charge is -2.10. The summed E-state index contributed by atoms with van der Waals surface area (Å²) in [6.45, 7) is 5.71. The van der Waals surface area contributed by atoms with Gasteiger partial charge in [0.15, 0.2) is 0 Å². The molecule has 0 aliphatic rings. The first kappa shape index (κ1) is 20.1. The van der Waals surface area contributed by atoms with E-state index in [1.54, 1.807) is 0 Å². The average Bonchev–Trinajstić information content (AvgIpc) is 2.59. The number of nitrogens with one attached hydrogen (secondary N) is 1. The average molecular weight is 352 g/mol. The van der Waals surface area contributed by atoms with E-state index in [0.717, 1.165) is 36.8 Å². The molecule has 2 rings (SSSR count). The highest BCUT2D eigenvalue weighted by Crippen LogP contribution is 2.19. The lowest BCUT2D eigenvalue weighted by molar-refractivity contribution is 0.292. The lowest BCUT2D eigenvalue weighted by Crippen LogP contribution is -2.23. The fourth-order valence-electron chi connectivity index (χ4n) is 2.09. The monoisotopic (exact) mass is 351 g/mol. The zero-order chi connectivity index (χ0) is 16.2. The molecule has 0 radical (unpaired) electrons. The van der Waals surface area contributed by atoms with Crippen molar-refractivity contribution in [2.24, 2.45) is 0 Å². The van der Waals surface area contributed by atoms with Crippen LogP contribution in [-0.4, -0.2) is 32.9 Å². The second-order valence-electron chi connectivity index (χ2n) is 5.02. The SMILES string of the molecule is CCOc1cccc(OCCNCCCOc2ccccc2)c1.Cl. The van der Waals surface area contributed by atoms with Gasteiger partial charge in [-0.15, -0.1) is 12.4 Å². The zero-order valence-electron chi connectivity index (χ0n) is 14.1. The number of ether oxygens (including phenoxy) is 3. The molecule has 0 saturated heterocycles. The molecule has 0 aliphatic carbocycles. The Morgan fingerprint density at radius 2 is 1.42 bits per heavy atom. The van der Waals surface area contributed by atoms with Crippen molar-refractivity contribution in [1.29, 1.82) is 0 Å². The van der Waals surface area contributed by atoms with Crippen molar-refractivity contribution < 1.29 is 14.2 Å². The predicted octanol–water partition coefficient (Wildman–Crippen LogP) is 3.94. The van der Waals surface area contributed by atoms with Crippen molar-refractivity contribution in [1.82, 2.24) is 5.32 Å². The van der Waals surface area contributed by atoms with Gasteiger partial charge in [0.1, 0.15) is 23.9 Å². The van der Waals surface area contributed by atoms with Gasteiger partial charge < -0.3 is 19.5 Å². The van der Waals surface area contributed by atoms with Gasteiger partial charge in [0.25, 0.3) is 0 Å². The summed E-state index contributed by atoms with van der Waals surface area (Å²) in [6, 6.07) is 17.6. The van der Waals surface area contributed by atoms with Crippen LogP contribution in [-0.2, 0) is 0 Å². The second-order valence-corrected chi connectivity index (χ2v) is 5.02. The summed E-state index contributed by atoms with van der Waals surface area (Å²) in [7, 11) is 0. The molecule has 0 unspecified atom stereocenters. The molecular weight excluding hydrogens is 326 g/mol. The summed E-state index contributed by atoms with van der Waals surface area (Å²) in [5, 5.41) is 3.35. The minimum atomic E-state index is 0. The van der Waals surface area contributed by atoms with E-state index in [1.165, 1.54) is 0 Å². The molecule has 24 heavy (non-hydrogen) atoms. The first-order chi connectivity index (χ1) is 11.4. The van der Waals surface area contributed by atoms with E-state index in [2.05, 4.69) is 5.32 Å². The van der Waals surface area contributed by atoms with Crippen LogP contribution in [0.1, 0.15) is 13.3 Å². The third-order valence-electron chi connectivity index (χ3n) is 3.17. The first-order valence-electron chi connectivity index (χ1n) is 8.12. The Bertz CT molecular complexity index is 551. The molecule has 0 aromatic heterocycles. The van der Waals surface area contributed by atoms with Gasteiger partial charge in [-0.3, -0.25) is 0 Å². The second kappa shape index (κ2) is 12.5. The Balaban J connectivity index is 0.00000288. The van der Waals surface area contributed by atoms with Crippen molar-refractivity contribution in [2.45, 2.75) is 13.3 Å². The molecule has 2 aromatic rings. The molecule has 0 atom stereocenters. The third-order valence-corrected chi connectivity index (χ3v) is 3.17. The fraction of sp³-hybridized carbons (Fsp3) is 0.368. The number of hydrogen-bond donors (Lipinski definition) is 1.